The van der Waals surface area contributed by atoms with Gasteiger partial charge in [-0.2, -0.15) is 0 Å². The van der Waals surface area contributed by atoms with Gasteiger partial charge in [-0.1, -0.05) is 19.8 Å². The van der Waals surface area contributed by atoms with Gasteiger partial charge in [-0.05, 0) is 65.6 Å². The van der Waals surface area contributed by atoms with E-state index in [0.717, 1.165) is 18.5 Å². The van der Waals surface area contributed by atoms with Crippen molar-refractivity contribution in [2.24, 2.45) is 5.92 Å². The topological polar surface area (TPSA) is 27.3 Å². The van der Waals surface area contributed by atoms with E-state index in [-0.39, 0.29) is 0 Å². The van der Waals surface area contributed by atoms with Gasteiger partial charge in [0.15, 0.2) is 0 Å². The third-order valence-electron chi connectivity index (χ3n) is 5.60. The van der Waals surface area contributed by atoms with Crippen molar-refractivity contribution in [3.05, 3.63) is 0 Å². The molecule has 2 aliphatic rings. The highest BCUT2D eigenvalue weighted by atomic mass is 15.2. The number of nitrogens with one attached hydrogen (secondary N) is 2. The average Bonchev–Trinajstić information content (AvgIpc) is 2.89. The fourth-order valence-corrected chi connectivity index (χ4v) is 4.19. The van der Waals surface area contributed by atoms with Crippen LogP contribution in [0.3, 0.4) is 0 Å². The molecule has 3 nitrogen and oxygen atoms in total. The molecule has 1 heterocycles. The Labute approximate surface area is 125 Å². The maximum absolute atomic E-state index is 3.84. The first-order chi connectivity index (χ1) is 9.52. The second-order valence-corrected chi connectivity index (χ2v) is 7.63. The lowest BCUT2D eigenvalue weighted by Crippen LogP contribution is -2.55. The molecule has 0 amide bonds. The highest BCUT2D eigenvalue weighted by Gasteiger charge is 2.36. The molecular formula is C17H35N3. The normalized spacial score (nSPS) is 36.5. The summed E-state index contributed by atoms with van der Waals surface area (Å²) in [5.74, 6) is 0.875. The lowest BCUT2D eigenvalue weighted by molar-refractivity contribution is 0.0722. The number of rotatable bonds is 6. The minimum absolute atomic E-state index is 0.384. The third-order valence-corrected chi connectivity index (χ3v) is 5.60. The zero-order chi connectivity index (χ0) is 14.6. The molecule has 0 aromatic rings. The van der Waals surface area contributed by atoms with Crippen LogP contribution in [0.15, 0.2) is 0 Å². The van der Waals surface area contributed by atoms with E-state index in [1.54, 1.807) is 0 Å². The van der Waals surface area contributed by atoms with Crippen molar-refractivity contribution in [3.63, 3.8) is 0 Å². The van der Waals surface area contributed by atoms with E-state index in [1.807, 2.05) is 0 Å². The summed E-state index contributed by atoms with van der Waals surface area (Å²) in [6, 6.07) is 1.37. The molecule has 2 fully saturated rings. The van der Waals surface area contributed by atoms with Crippen LogP contribution < -0.4 is 10.6 Å². The Morgan fingerprint density at radius 1 is 1.30 bits per heavy atom. The van der Waals surface area contributed by atoms with Gasteiger partial charge in [0.1, 0.15) is 0 Å². The molecule has 0 spiro atoms. The second kappa shape index (κ2) is 7.24. The fourth-order valence-electron chi connectivity index (χ4n) is 4.19. The molecule has 4 unspecified atom stereocenters. The minimum atomic E-state index is 0.384. The zero-order valence-corrected chi connectivity index (χ0v) is 14.0. The van der Waals surface area contributed by atoms with Crippen molar-refractivity contribution in [3.8, 4) is 0 Å². The summed E-state index contributed by atoms with van der Waals surface area (Å²) < 4.78 is 0. The molecule has 2 rings (SSSR count). The summed E-state index contributed by atoms with van der Waals surface area (Å²) in [4.78, 5) is 2.48. The molecule has 0 aromatic heterocycles. The molecule has 0 radical (unpaired) electrons. The van der Waals surface area contributed by atoms with Gasteiger partial charge in [-0.15, -0.1) is 0 Å². The summed E-state index contributed by atoms with van der Waals surface area (Å²) in [6.45, 7) is 7.15. The highest BCUT2D eigenvalue weighted by Crippen LogP contribution is 2.35. The third kappa shape index (κ3) is 4.19. The Kier molecular flexibility index (Phi) is 5.88. The van der Waals surface area contributed by atoms with E-state index in [0.29, 0.717) is 11.6 Å². The first-order valence-electron chi connectivity index (χ1n) is 8.66. The lowest BCUT2D eigenvalue weighted by atomic mass is 9.75. The SMILES string of the molecule is CC1CCCC(CNC(C)CC2CCCN2)(N(C)C)C1. The van der Waals surface area contributed by atoms with Crippen LogP contribution in [0.2, 0.25) is 0 Å². The van der Waals surface area contributed by atoms with Crippen LogP contribution in [0, 0.1) is 5.92 Å². The summed E-state index contributed by atoms with van der Waals surface area (Å²) >= 11 is 0. The summed E-state index contributed by atoms with van der Waals surface area (Å²) in [5.41, 5.74) is 0.384. The summed E-state index contributed by atoms with van der Waals surface area (Å²) in [5, 5.41) is 7.45. The van der Waals surface area contributed by atoms with Gasteiger partial charge in [-0.25, -0.2) is 0 Å². The van der Waals surface area contributed by atoms with Crippen LogP contribution in [0.1, 0.15) is 58.8 Å². The molecule has 3 heteroatoms. The van der Waals surface area contributed by atoms with E-state index < -0.39 is 0 Å². The van der Waals surface area contributed by atoms with Gasteiger partial charge in [0.25, 0.3) is 0 Å². The molecule has 0 aromatic carbocycles. The van der Waals surface area contributed by atoms with Crippen LogP contribution in [0.4, 0.5) is 0 Å². The zero-order valence-electron chi connectivity index (χ0n) is 14.0. The van der Waals surface area contributed by atoms with Crippen LogP contribution >= 0.6 is 0 Å². The Morgan fingerprint density at radius 3 is 2.70 bits per heavy atom. The van der Waals surface area contributed by atoms with E-state index in [1.165, 1.54) is 51.5 Å². The largest absolute Gasteiger partial charge is 0.314 e. The highest BCUT2D eigenvalue weighted by molar-refractivity contribution is 4.95. The van der Waals surface area contributed by atoms with Crippen molar-refractivity contribution in [2.45, 2.75) is 76.4 Å². The molecule has 0 bridgehead atoms. The van der Waals surface area contributed by atoms with Crippen molar-refractivity contribution >= 4 is 0 Å². The van der Waals surface area contributed by atoms with Gasteiger partial charge < -0.3 is 15.5 Å². The quantitative estimate of drug-likeness (QED) is 0.784. The monoisotopic (exact) mass is 281 g/mol. The van der Waals surface area contributed by atoms with Crippen LogP contribution in [0.25, 0.3) is 0 Å². The minimum Gasteiger partial charge on any atom is -0.314 e. The van der Waals surface area contributed by atoms with Crippen molar-refractivity contribution in [2.75, 3.05) is 27.2 Å². The standard InChI is InChI=1S/C17H35N3/c1-14-7-5-9-17(12-14,20(3)4)13-19-15(2)11-16-8-6-10-18-16/h14-16,18-19H,5-13H2,1-4H3. The predicted molar refractivity (Wildman–Crippen MR) is 87.2 cm³/mol. The first-order valence-corrected chi connectivity index (χ1v) is 8.66. The van der Waals surface area contributed by atoms with Crippen LogP contribution in [0.5, 0.6) is 0 Å². The molecule has 118 valence electrons. The van der Waals surface area contributed by atoms with Gasteiger partial charge in [0, 0.05) is 24.2 Å². The van der Waals surface area contributed by atoms with E-state index in [2.05, 4.69) is 43.5 Å². The van der Waals surface area contributed by atoms with Crippen molar-refractivity contribution in [1.82, 2.24) is 15.5 Å². The molecule has 4 atom stereocenters. The summed E-state index contributed by atoms with van der Waals surface area (Å²) in [7, 11) is 4.53. The Balaban J connectivity index is 1.82. The number of hydrogen-bond donors (Lipinski definition) is 2. The molecular weight excluding hydrogens is 246 g/mol. The summed E-state index contributed by atoms with van der Waals surface area (Å²) in [6.07, 6.45) is 9.50. The van der Waals surface area contributed by atoms with E-state index in [9.17, 15) is 0 Å². The Bertz CT molecular complexity index is 286. The van der Waals surface area contributed by atoms with E-state index >= 15 is 0 Å². The molecule has 20 heavy (non-hydrogen) atoms. The first kappa shape index (κ1) is 16.3. The maximum Gasteiger partial charge on any atom is 0.0330 e. The second-order valence-electron chi connectivity index (χ2n) is 7.63. The molecule has 2 N–H and O–H groups in total. The molecule has 1 aliphatic heterocycles. The van der Waals surface area contributed by atoms with Gasteiger partial charge in [0.05, 0.1) is 0 Å². The molecule has 1 aliphatic carbocycles. The van der Waals surface area contributed by atoms with Crippen molar-refractivity contribution in [1.29, 1.82) is 0 Å². The number of likely N-dealkylation sites (N-methyl/N-ethyl adjacent to an activating group) is 1. The predicted octanol–water partition coefficient (Wildman–Crippen LogP) is 2.62. The smallest absolute Gasteiger partial charge is 0.0330 e. The van der Waals surface area contributed by atoms with Crippen LogP contribution in [-0.2, 0) is 0 Å². The molecule has 1 saturated carbocycles. The average molecular weight is 281 g/mol. The lowest BCUT2D eigenvalue weighted by Gasteiger charge is -2.46. The maximum atomic E-state index is 3.84. The molecule has 1 saturated heterocycles. The number of nitrogens with zero attached hydrogens (tertiary/aromatic N) is 1. The Hall–Kier alpha value is -0.120. The number of hydrogen-bond acceptors (Lipinski definition) is 3. The van der Waals surface area contributed by atoms with Gasteiger partial charge >= 0.3 is 0 Å². The van der Waals surface area contributed by atoms with Crippen molar-refractivity contribution < 1.29 is 0 Å². The Morgan fingerprint density at radius 2 is 2.10 bits per heavy atom. The van der Waals surface area contributed by atoms with Gasteiger partial charge in [0.2, 0.25) is 0 Å². The van der Waals surface area contributed by atoms with Gasteiger partial charge in [-0.3, -0.25) is 0 Å². The van der Waals surface area contributed by atoms with Crippen LogP contribution in [-0.4, -0.2) is 49.7 Å². The van der Waals surface area contributed by atoms with E-state index in [4.69, 9.17) is 0 Å². The fraction of sp³-hybridized carbons (Fsp3) is 1.00.